The molecule has 0 aliphatic carbocycles. The third-order valence-electron chi connectivity index (χ3n) is 6.55. The minimum atomic E-state index is -3.62. The molecule has 0 saturated carbocycles. The Balaban J connectivity index is 1.56. The number of sulfonamides is 1. The number of anilines is 1. The van der Waals surface area contributed by atoms with Gasteiger partial charge in [-0.15, -0.1) is 0 Å². The van der Waals surface area contributed by atoms with E-state index in [0.717, 1.165) is 57.7 Å². The van der Waals surface area contributed by atoms with Crippen LogP contribution in [0.1, 0.15) is 35.2 Å². The predicted molar refractivity (Wildman–Crippen MR) is 131 cm³/mol. The number of carbonyl (C=O) groups excluding carboxylic acids is 1. The molecule has 0 N–H and O–H groups in total. The maximum atomic E-state index is 13.7. The molecule has 178 valence electrons. The molecule has 2 saturated heterocycles. The van der Waals surface area contributed by atoms with Crippen LogP contribution >= 0.6 is 0 Å². The van der Waals surface area contributed by atoms with Gasteiger partial charge in [-0.05, 0) is 43.0 Å². The molecule has 2 fully saturated rings. The lowest BCUT2D eigenvalue weighted by atomic mass is 10.1. The van der Waals surface area contributed by atoms with Crippen molar-refractivity contribution in [3.8, 4) is 0 Å². The van der Waals surface area contributed by atoms with Gasteiger partial charge < -0.3 is 9.80 Å². The Hall–Kier alpha value is -2.42. The highest BCUT2D eigenvalue weighted by molar-refractivity contribution is 7.89. The fourth-order valence-electron chi connectivity index (χ4n) is 4.64. The molecular weight excluding hydrogens is 436 g/mol. The van der Waals surface area contributed by atoms with E-state index < -0.39 is 10.0 Å². The van der Waals surface area contributed by atoms with Crippen LogP contribution in [0.25, 0.3) is 0 Å². The first kappa shape index (κ1) is 23.7. The van der Waals surface area contributed by atoms with Crippen LogP contribution in [0.4, 0.5) is 5.69 Å². The minimum Gasteiger partial charge on any atom is -0.371 e. The number of rotatable bonds is 6. The lowest BCUT2D eigenvalue weighted by Crippen LogP contribution is -2.36. The molecule has 33 heavy (non-hydrogen) atoms. The summed E-state index contributed by atoms with van der Waals surface area (Å²) in [4.78, 5) is 20.4. The summed E-state index contributed by atoms with van der Waals surface area (Å²) < 4.78 is 26.7. The third-order valence-corrected chi connectivity index (χ3v) is 8.36. The normalized spacial score (nSPS) is 18.0. The highest BCUT2D eigenvalue weighted by Gasteiger charge is 2.28. The fraction of sp³-hybridized carbons (Fsp3) is 0.480. The van der Waals surface area contributed by atoms with Crippen LogP contribution in [0, 0.1) is 0 Å². The smallest absolute Gasteiger partial charge is 0.256 e. The average molecular weight is 471 g/mol. The first-order valence-electron chi connectivity index (χ1n) is 11.7. The predicted octanol–water partition coefficient (Wildman–Crippen LogP) is 2.89. The summed E-state index contributed by atoms with van der Waals surface area (Å²) in [7, 11) is -0.588. The summed E-state index contributed by atoms with van der Waals surface area (Å²) in [6, 6.07) is 15.4. The van der Waals surface area contributed by atoms with Crippen LogP contribution in [0.3, 0.4) is 0 Å². The molecule has 7 nitrogen and oxygen atoms in total. The van der Waals surface area contributed by atoms with Crippen LogP contribution in [-0.4, -0.2) is 81.8 Å². The highest BCUT2D eigenvalue weighted by Crippen LogP contribution is 2.29. The van der Waals surface area contributed by atoms with Gasteiger partial charge >= 0.3 is 0 Å². The number of carbonyl (C=O) groups is 1. The van der Waals surface area contributed by atoms with Gasteiger partial charge in [0.1, 0.15) is 0 Å². The lowest BCUT2D eigenvalue weighted by molar-refractivity contribution is 0.0761. The van der Waals surface area contributed by atoms with E-state index in [-0.39, 0.29) is 10.8 Å². The Bertz CT molecular complexity index is 1070. The Morgan fingerprint density at radius 1 is 0.879 bits per heavy atom. The van der Waals surface area contributed by atoms with Crippen molar-refractivity contribution in [3.63, 3.8) is 0 Å². The monoisotopic (exact) mass is 470 g/mol. The molecule has 1 amide bonds. The van der Waals surface area contributed by atoms with E-state index in [1.165, 1.54) is 24.0 Å². The number of hydrogen-bond acceptors (Lipinski definition) is 5. The maximum absolute atomic E-state index is 13.7. The van der Waals surface area contributed by atoms with Crippen LogP contribution in [0.2, 0.25) is 0 Å². The van der Waals surface area contributed by atoms with Crippen molar-refractivity contribution >= 4 is 21.6 Å². The molecular formula is C25H34N4O3S. The summed E-state index contributed by atoms with van der Waals surface area (Å²) in [6.45, 7) is 5.71. The van der Waals surface area contributed by atoms with Crippen molar-refractivity contribution in [1.82, 2.24) is 14.1 Å². The van der Waals surface area contributed by atoms with Gasteiger partial charge in [-0.1, -0.05) is 30.3 Å². The average Bonchev–Trinajstić information content (AvgIpc) is 3.25. The molecule has 2 heterocycles. The van der Waals surface area contributed by atoms with Crippen molar-refractivity contribution in [2.45, 2.75) is 30.7 Å². The molecule has 0 radical (unpaired) electrons. The number of amides is 1. The number of nitrogens with zero attached hydrogens (tertiary/aromatic N) is 4. The Labute approximate surface area is 197 Å². The second-order valence-electron chi connectivity index (χ2n) is 9.07. The lowest BCUT2D eigenvalue weighted by Gasteiger charge is -2.26. The molecule has 2 aromatic carbocycles. The van der Waals surface area contributed by atoms with Gasteiger partial charge in [0, 0.05) is 65.6 Å². The summed E-state index contributed by atoms with van der Waals surface area (Å²) in [6.07, 6.45) is 3.07. The third kappa shape index (κ3) is 5.39. The van der Waals surface area contributed by atoms with Crippen LogP contribution in [-0.2, 0) is 16.6 Å². The van der Waals surface area contributed by atoms with Crippen molar-refractivity contribution in [3.05, 3.63) is 59.7 Å². The summed E-state index contributed by atoms with van der Waals surface area (Å²) in [5.41, 5.74) is 2.62. The molecule has 2 aliphatic heterocycles. The summed E-state index contributed by atoms with van der Waals surface area (Å²) in [5.74, 6) is -0.0748. The van der Waals surface area contributed by atoms with E-state index in [0.29, 0.717) is 18.7 Å². The number of hydrogen-bond donors (Lipinski definition) is 0. The summed E-state index contributed by atoms with van der Waals surface area (Å²) in [5, 5.41) is 0. The molecule has 2 aromatic rings. The zero-order valence-electron chi connectivity index (χ0n) is 19.6. The van der Waals surface area contributed by atoms with Gasteiger partial charge in [0.2, 0.25) is 10.0 Å². The van der Waals surface area contributed by atoms with Crippen LogP contribution in [0.15, 0.2) is 53.4 Å². The van der Waals surface area contributed by atoms with E-state index in [9.17, 15) is 13.2 Å². The van der Waals surface area contributed by atoms with Gasteiger partial charge in [0.25, 0.3) is 5.91 Å². The molecule has 2 aliphatic rings. The van der Waals surface area contributed by atoms with E-state index in [4.69, 9.17) is 0 Å². The van der Waals surface area contributed by atoms with E-state index in [1.807, 2.05) is 17.0 Å². The quantitative estimate of drug-likeness (QED) is 0.650. The van der Waals surface area contributed by atoms with Gasteiger partial charge in [-0.3, -0.25) is 9.69 Å². The molecule has 0 unspecified atom stereocenters. The van der Waals surface area contributed by atoms with Gasteiger partial charge in [-0.2, -0.15) is 0 Å². The topological polar surface area (TPSA) is 64.2 Å². The Kier molecular flexibility index (Phi) is 7.36. The zero-order chi connectivity index (χ0) is 23.4. The fourth-order valence-corrected chi connectivity index (χ4v) is 5.56. The molecule has 0 aromatic heterocycles. The first-order chi connectivity index (χ1) is 15.9. The van der Waals surface area contributed by atoms with Crippen LogP contribution < -0.4 is 4.90 Å². The molecule has 4 rings (SSSR count). The second kappa shape index (κ2) is 10.2. The van der Waals surface area contributed by atoms with Gasteiger partial charge in [0.15, 0.2) is 0 Å². The van der Waals surface area contributed by atoms with Gasteiger partial charge in [-0.25, -0.2) is 12.7 Å². The Morgan fingerprint density at radius 2 is 1.61 bits per heavy atom. The van der Waals surface area contributed by atoms with Crippen molar-refractivity contribution in [1.29, 1.82) is 0 Å². The van der Waals surface area contributed by atoms with Gasteiger partial charge in [0.05, 0.1) is 10.5 Å². The molecule has 0 spiro atoms. The van der Waals surface area contributed by atoms with Crippen molar-refractivity contribution in [2.75, 3.05) is 58.3 Å². The Morgan fingerprint density at radius 3 is 2.30 bits per heavy atom. The largest absolute Gasteiger partial charge is 0.371 e. The standard InChI is InChI=1S/C25H34N4O3S/c1-26(2)33(31,32)22-11-12-24(28-14-6-7-15-28)23(19-22)25(30)29-16-8-13-27(17-18-29)20-21-9-4-3-5-10-21/h3-5,9-12,19H,6-8,13-18,20H2,1-2H3. The molecule has 0 atom stereocenters. The minimum absolute atomic E-state index is 0.0748. The van der Waals surface area contributed by atoms with E-state index >= 15 is 0 Å². The van der Waals surface area contributed by atoms with E-state index in [1.54, 1.807) is 12.1 Å². The second-order valence-corrected chi connectivity index (χ2v) is 11.2. The highest BCUT2D eigenvalue weighted by atomic mass is 32.2. The zero-order valence-corrected chi connectivity index (χ0v) is 20.4. The maximum Gasteiger partial charge on any atom is 0.256 e. The SMILES string of the molecule is CN(C)S(=O)(=O)c1ccc(N2CCCC2)c(C(=O)N2CCCN(Cc3ccccc3)CC2)c1. The first-order valence-corrected chi connectivity index (χ1v) is 13.2. The molecule has 8 heteroatoms. The summed E-state index contributed by atoms with van der Waals surface area (Å²) >= 11 is 0. The van der Waals surface area contributed by atoms with Crippen molar-refractivity contribution < 1.29 is 13.2 Å². The van der Waals surface area contributed by atoms with E-state index in [2.05, 4.69) is 34.1 Å². The number of benzene rings is 2. The molecule has 0 bridgehead atoms. The van der Waals surface area contributed by atoms with Crippen molar-refractivity contribution in [2.24, 2.45) is 0 Å². The van der Waals surface area contributed by atoms with Crippen LogP contribution in [0.5, 0.6) is 0 Å².